The van der Waals surface area contributed by atoms with Gasteiger partial charge in [0, 0.05) is 32.7 Å². The SMILES string of the molecule is Cc1nc(CN2CCN(CC(O)c3ccc(F)cc3)CC2)oc1C. The Morgan fingerprint density at radius 2 is 1.75 bits per heavy atom. The Hall–Kier alpha value is -1.76. The molecule has 0 amide bonds. The van der Waals surface area contributed by atoms with Gasteiger partial charge in [-0.3, -0.25) is 9.80 Å². The zero-order valence-corrected chi connectivity index (χ0v) is 14.2. The molecule has 1 aromatic heterocycles. The van der Waals surface area contributed by atoms with Gasteiger partial charge in [-0.2, -0.15) is 0 Å². The molecule has 5 nitrogen and oxygen atoms in total. The summed E-state index contributed by atoms with van der Waals surface area (Å²) < 4.78 is 18.6. The number of hydrogen-bond donors (Lipinski definition) is 1. The van der Waals surface area contributed by atoms with Gasteiger partial charge in [0.1, 0.15) is 11.6 Å². The fraction of sp³-hybridized carbons (Fsp3) is 0.500. The van der Waals surface area contributed by atoms with E-state index in [2.05, 4.69) is 14.8 Å². The predicted octanol–water partition coefficient (Wildman–Crippen LogP) is 2.28. The van der Waals surface area contributed by atoms with Crippen molar-refractivity contribution < 1.29 is 13.9 Å². The Labute approximate surface area is 141 Å². The molecule has 2 aromatic rings. The van der Waals surface area contributed by atoms with Crippen molar-refractivity contribution in [2.24, 2.45) is 0 Å². The lowest BCUT2D eigenvalue weighted by Gasteiger charge is -2.35. The smallest absolute Gasteiger partial charge is 0.208 e. The molecule has 130 valence electrons. The second-order valence-electron chi connectivity index (χ2n) is 6.39. The number of aryl methyl sites for hydroxylation is 2. The van der Waals surface area contributed by atoms with Crippen LogP contribution in [-0.2, 0) is 6.54 Å². The van der Waals surface area contributed by atoms with E-state index in [0.29, 0.717) is 6.54 Å². The molecule has 1 fully saturated rings. The third-order valence-electron chi connectivity index (χ3n) is 4.58. The van der Waals surface area contributed by atoms with Crippen molar-refractivity contribution in [2.45, 2.75) is 26.5 Å². The molecular formula is C18H24FN3O2. The van der Waals surface area contributed by atoms with Crippen molar-refractivity contribution in [3.63, 3.8) is 0 Å². The summed E-state index contributed by atoms with van der Waals surface area (Å²) in [6, 6.07) is 6.06. The molecule has 1 unspecified atom stereocenters. The minimum absolute atomic E-state index is 0.281. The van der Waals surface area contributed by atoms with Crippen LogP contribution in [0.3, 0.4) is 0 Å². The molecule has 0 saturated carbocycles. The average Bonchev–Trinajstić information content (AvgIpc) is 2.87. The first-order valence-corrected chi connectivity index (χ1v) is 8.32. The summed E-state index contributed by atoms with van der Waals surface area (Å²) in [5, 5.41) is 10.3. The minimum Gasteiger partial charge on any atom is -0.444 e. The van der Waals surface area contributed by atoms with E-state index >= 15 is 0 Å². The van der Waals surface area contributed by atoms with Crippen LogP contribution >= 0.6 is 0 Å². The van der Waals surface area contributed by atoms with Crippen molar-refractivity contribution in [1.29, 1.82) is 0 Å². The molecule has 0 radical (unpaired) electrons. The number of halogens is 1. The first kappa shape index (κ1) is 17.1. The average molecular weight is 333 g/mol. The van der Waals surface area contributed by atoms with Crippen molar-refractivity contribution in [3.8, 4) is 0 Å². The van der Waals surface area contributed by atoms with E-state index in [-0.39, 0.29) is 5.82 Å². The lowest BCUT2D eigenvalue weighted by molar-refractivity contribution is 0.0670. The molecule has 2 heterocycles. The Kier molecular flexibility index (Phi) is 5.28. The highest BCUT2D eigenvalue weighted by Gasteiger charge is 2.21. The van der Waals surface area contributed by atoms with Crippen LogP contribution in [0, 0.1) is 19.7 Å². The maximum Gasteiger partial charge on any atom is 0.208 e. The van der Waals surface area contributed by atoms with Gasteiger partial charge in [0.25, 0.3) is 0 Å². The van der Waals surface area contributed by atoms with Crippen LogP contribution in [0.25, 0.3) is 0 Å². The van der Waals surface area contributed by atoms with E-state index < -0.39 is 6.10 Å². The first-order chi connectivity index (χ1) is 11.5. The highest BCUT2D eigenvalue weighted by atomic mass is 19.1. The second-order valence-corrected chi connectivity index (χ2v) is 6.39. The Morgan fingerprint density at radius 1 is 1.12 bits per heavy atom. The van der Waals surface area contributed by atoms with Gasteiger partial charge in [-0.15, -0.1) is 0 Å². The molecule has 24 heavy (non-hydrogen) atoms. The van der Waals surface area contributed by atoms with Gasteiger partial charge >= 0.3 is 0 Å². The molecule has 6 heteroatoms. The lowest BCUT2D eigenvalue weighted by Crippen LogP contribution is -2.47. The van der Waals surface area contributed by atoms with Gasteiger partial charge in [0.2, 0.25) is 5.89 Å². The normalized spacial score (nSPS) is 18.0. The number of piperazine rings is 1. The van der Waals surface area contributed by atoms with Crippen molar-refractivity contribution in [3.05, 3.63) is 53.0 Å². The van der Waals surface area contributed by atoms with Gasteiger partial charge in [0.05, 0.1) is 18.3 Å². The maximum atomic E-state index is 12.9. The van der Waals surface area contributed by atoms with Crippen LogP contribution < -0.4 is 0 Å². The van der Waals surface area contributed by atoms with E-state index in [1.54, 1.807) is 12.1 Å². The van der Waals surface area contributed by atoms with Crippen molar-refractivity contribution in [1.82, 2.24) is 14.8 Å². The number of β-amino-alcohol motifs (C(OH)–C–C–N with tert-alkyl or cyclic N) is 1. The predicted molar refractivity (Wildman–Crippen MR) is 89.1 cm³/mol. The summed E-state index contributed by atoms with van der Waals surface area (Å²) in [6.07, 6.45) is -0.589. The summed E-state index contributed by atoms with van der Waals surface area (Å²) in [5.41, 5.74) is 1.70. The zero-order chi connectivity index (χ0) is 17.1. The summed E-state index contributed by atoms with van der Waals surface area (Å²) in [6.45, 7) is 8.78. The molecule has 3 rings (SSSR count). The molecule has 1 atom stereocenters. The van der Waals surface area contributed by atoms with E-state index in [0.717, 1.165) is 55.6 Å². The van der Waals surface area contributed by atoms with Crippen LogP contribution in [0.15, 0.2) is 28.7 Å². The number of hydrogen-bond acceptors (Lipinski definition) is 5. The van der Waals surface area contributed by atoms with Crippen LogP contribution in [0.4, 0.5) is 4.39 Å². The third-order valence-corrected chi connectivity index (χ3v) is 4.58. The summed E-state index contributed by atoms with van der Waals surface area (Å²) in [7, 11) is 0. The Balaban J connectivity index is 1.47. The van der Waals surface area contributed by atoms with Crippen LogP contribution in [0.1, 0.15) is 29.0 Å². The molecule has 1 N–H and O–H groups in total. The fourth-order valence-corrected chi connectivity index (χ4v) is 2.96. The van der Waals surface area contributed by atoms with Crippen molar-refractivity contribution >= 4 is 0 Å². The number of benzene rings is 1. The van der Waals surface area contributed by atoms with Crippen molar-refractivity contribution in [2.75, 3.05) is 32.7 Å². The van der Waals surface area contributed by atoms with E-state index in [4.69, 9.17) is 4.42 Å². The summed E-state index contributed by atoms with van der Waals surface area (Å²) >= 11 is 0. The standard InChI is InChI=1S/C18H24FN3O2/c1-13-14(2)24-18(20-13)12-22-9-7-21(8-10-22)11-17(23)15-3-5-16(19)6-4-15/h3-6,17,23H,7-12H2,1-2H3. The Morgan fingerprint density at radius 3 is 2.33 bits per heavy atom. The molecule has 1 saturated heterocycles. The van der Waals surface area contributed by atoms with Gasteiger partial charge < -0.3 is 9.52 Å². The van der Waals surface area contributed by atoms with Gasteiger partial charge in [-0.1, -0.05) is 12.1 Å². The molecule has 1 aliphatic heterocycles. The quantitative estimate of drug-likeness (QED) is 0.910. The molecule has 0 spiro atoms. The number of oxazole rings is 1. The van der Waals surface area contributed by atoms with Crippen LogP contribution in [0.5, 0.6) is 0 Å². The molecule has 0 aliphatic carbocycles. The number of aliphatic hydroxyl groups is 1. The highest BCUT2D eigenvalue weighted by Crippen LogP contribution is 2.17. The van der Waals surface area contributed by atoms with Crippen LogP contribution in [-0.4, -0.2) is 52.6 Å². The number of aliphatic hydroxyl groups excluding tert-OH is 1. The number of rotatable bonds is 5. The van der Waals surface area contributed by atoms with E-state index in [1.165, 1.54) is 12.1 Å². The molecular weight excluding hydrogens is 309 g/mol. The molecule has 0 bridgehead atoms. The number of aromatic nitrogens is 1. The topological polar surface area (TPSA) is 52.7 Å². The zero-order valence-electron chi connectivity index (χ0n) is 14.2. The molecule has 1 aromatic carbocycles. The van der Waals surface area contributed by atoms with Gasteiger partial charge in [-0.05, 0) is 31.5 Å². The summed E-state index contributed by atoms with van der Waals surface area (Å²) in [5.74, 6) is 1.37. The largest absolute Gasteiger partial charge is 0.444 e. The molecule has 1 aliphatic rings. The van der Waals surface area contributed by atoms with E-state index in [9.17, 15) is 9.50 Å². The lowest BCUT2D eigenvalue weighted by atomic mass is 10.1. The first-order valence-electron chi connectivity index (χ1n) is 8.32. The minimum atomic E-state index is -0.589. The fourth-order valence-electron chi connectivity index (χ4n) is 2.96. The van der Waals surface area contributed by atoms with E-state index in [1.807, 2.05) is 13.8 Å². The Bertz CT molecular complexity index is 644. The second kappa shape index (κ2) is 7.42. The summed E-state index contributed by atoms with van der Waals surface area (Å²) in [4.78, 5) is 8.97. The van der Waals surface area contributed by atoms with Gasteiger partial charge in [0.15, 0.2) is 0 Å². The third kappa shape index (κ3) is 4.20. The van der Waals surface area contributed by atoms with Gasteiger partial charge in [-0.25, -0.2) is 9.37 Å². The monoisotopic (exact) mass is 333 g/mol. The highest BCUT2D eigenvalue weighted by molar-refractivity contribution is 5.18. The maximum absolute atomic E-state index is 12.9. The number of nitrogens with zero attached hydrogens (tertiary/aromatic N) is 3. The van der Waals surface area contributed by atoms with Crippen LogP contribution in [0.2, 0.25) is 0 Å².